The number of rotatable bonds is 6. The van der Waals surface area contributed by atoms with Crippen LogP contribution in [-0.2, 0) is 14.4 Å². The minimum absolute atomic E-state index is 0.0328. The maximum absolute atomic E-state index is 12.8. The van der Waals surface area contributed by atoms with Gasteiger partial charge in [-0.05, 0) is 37.5 Å². The van der Waals surface area contributed by atoms with Crippen LogP contribution in [0.3, 0.4) is 0 Å². The van der Waals surface area contributed by atoms with Crippen molar-refractivity contribution >= 4 is 35.0 Å². The van der Waals surface area contributed by atoms with Crippen molar-refractivity contribution in [3.8, 4) is 0 Å². The number of carboxylic acids is 1. The summed E-state index contributed by atoms with van der Waals surface area (Å²) in [5, 5.41) is 22.1. The van der Waals surface area contributed by atoms with E-state index >= 15 is 0 Å². The van der Waals surface area contributed by atoms with Crippen LogP contribution in [0.2, 0.25) is 5.02 Å². The van der Waals surface area contributed by atoms with Gasteiger partial charge in [0.2, 0.25) is 0 Å². The molecule has 6 nitrogen and oxygen atoms in total. The van der Waals surface area contributed by atoms with E-state index in [-0.39, 0.29) is 30.7 Å². The summed E-state index contributed by atoms with van der Waals surface area (Å²) in [4.78, 5) is 37.5. The van der Waals surface area contributed by atoms with Gasteiger partial charge in [0.25, 0.3) is 11.7 Å². The van der Waals surface area contributed by atoms with E-state index in [9.17, 15) is 24.6 Å². The Bertz CT molecular complexity index is 979. The summed E-state index contributed by atoms with van der Waals surface area (Å²) in [6, 6.07) is 12.7. The number of aryl methyl sites for hydroxylation is 1. The van der Waals surface area contributed by atoms with E-state index in [0.29, 0.717) is 16.1 Å². The van der Waals surface area contributed by atoms with Crippen molar-refractivity contribution in [2.24, 2.45) is 0 Å². The number of hydrogen-bond acceptors (Lipinski definition) is 5. The van der Waals surface area contributed by atoms with Gasteiger partial charge < -0.3 is 19.9 Å². The molecule has 0 bridgehead atoms. The molecule has 3 rings (SSSR count). The van der Waals surface area contributed by atoms with Crippen molar-refractivity contribution < 1.29 is 24.6 Å². The number of ketones is 1. The minimum atomic E-state index is -1.23. The van der Waals surface area contributed by atoms with Crippen LogP contribution in [-0.4, -0.2) is 34.2 Å². The van der Waals surface area contributed by atoms with Crippen LogP contribution in [0, 0.1) is 6.92 Å². The Morgan fingerprint density at radius 2 is 1.72 bits per heavy atom. The lowest BCUT2D eigenvalue weighted by molar-refractivity contribution is -0.305. The highest BCUT2D eigenvalue weighted by atomic mass is 35.5. The lowest BCUT2D eigenvalue weighted by Gasteiger charge is -2.25. The van der Waals surface area contributed by atoms with Crippen molar-refractivity contribution in [3.63, 3.8) is 0 Å². The fourth-order valence-electron chi connectivity index (χ4n) is 3.36. The van der Waals surface area contributed by atoms with Crippen molar-refractivity contribution in [1.82, 2.24) is 4.90 Å². The van der Waals surface area contributed by atoms with Crippen LogP contribution < -0.4 is 5.11 Å². The second-order valence-electron chi connectivity index (χ2n) is 6.89. The van der Waals surface area contributed by atoms with Crippen LogP contribution in [0.4, 0.5) is 0 Å². The standard InChI is InChI=1S/C22H20ClNO5/c1-13-4-6-15(7-5-13)20(27)18-19(14-8-10-16(23)11-9-14)24(22(29)21(18)28)12-2-3-17(25)26/h4-11,19,27H,2-3,12H2,1H3,(H,25,26)/p-1/t19-/m0/s1. The van der Waals surface area contributed by atoms with Gasteiger partial charge in [0, 0.05) is 23.1 Å². The number of aliphatic hydroxyl groups is 1. The van der Waals surface area contributed by atoms with E-state index in [0.717, 1.165) is 5.56 Å². The smallest absolute Gasteiger partial charge is 0.295 e. The van der Waals surface area contributed by atoms with Crippen molar-refractivity contribution in [2.45, 2.75) is 25.8 Å². The number of aliphatic carboxylic acids is 1. The molecule has 1 aliphatic rings. The number of carbonyl (C=O) groups excluding carboxylic acids is 3. The summed E-state index contributed by atoms with van der Waals surface area (Å²) in [6.07, 6.45) is -0.113. The molecule has 7 heteroatoms. The van der Waals surface area contributed by atoms with Crippen LogP contribution in [0.15, 0.2) is 54.1 Å². The van der Waals surface area contributed by atoms with Gasteiger partial charge in [-0.3, -0.25) is 9.59 Å². The molecule has 2 aromatic rings. The first-order valence-corrected chi connectivity index (χ1v) is 9.48. The fraction of sp³-hybridized carbons (Fsp3) is 0.227. The Morgan fingerprint density at radius 3 is 2.31 bits per heavy atom. The van der Waals surface area contributed by atoms with Crippen LogP contribution in [0.5, 0.6) is 0 Å². The fourth-order valence-corrected chi connectivity index (χ4v) is 3.49. The van der Waals surface area contributed by atoms with E-state index in [1.165, 1.54) is 4.90 Å². The molecular formula is C22H19ClNO5-. The average Bonchev–Trinajstić information content (AvgIpc) is 2.93. The topological polar surface area (TPSA) is 97.7 Å². The maximum atomic E-state index is 12.8. The second kappa shape index (κ2) is 8.49. The number of Topliss-reactive ketones (excluding diaryl/α,β-unsaturated/α-hetero) is 1. The van der Waals surface area contributed by atoms with Crippen LogP contribution in [0.1, 0.15) is 35.6 Å². The maximum Gasteiger partial charge on any atom is 0.295 e. The molecule has 0 aliphatic carbocycles. The number of hydrogen-bond donors (Lipinski definition) is 1. The van der Waals surface area contributed by atoms with Gasteiger partial charge >= 0.3 is 0 Å². The largest absolute Gasteiger partial charge is 0.550 e. The van der Waals surface area contributed by atoms with Crippen molar-refractivity contribution in [2.75, 3.05) is 6.54 Å². The summed E-state index contributed by atoms with van der Waals surface area (Å²) in [6.45, 7) is 1.93. The summed E-state index contributed by atoms with van der Waals surface area (Å²) in [7, 11) is 0. The predicted molar refractivity (Wildman–Crippen MR) is 106 cm³/mol. The molecule has 1 N–H and O–H groups in total. The summed E-state index contributed by atoms with van der Waals surface area (Å²) in [5.74, 6) is -3.09. The Morgan fingerprint density at radius 1 is 1.10 bits per heavy atom. The number of carboxylic acid groups (broad SMARTS) is 1. The monoisotopic (exact) mass is 412 g/mol. The molecule has 29 heavy (non-hydrogen) atoms. The van der Waals surface area contributed by atoms with Gasteiger partial charge in [0.1, 0.15) is 5.76 Å². The number of halogens is 1. The first-order valence-electron chi connectivity index (χ1n) is 9.10. The zero-order valence-electron chi connectivity index (χ0n) is 15.7. The van der Waals surface area contributed by atoms with E-state index < -0.39 is 23.7 Å². The Kier molecular flexibility index (Phi) is 6.03. The van der Waals surface area contributed by atoms with E-state index in [2.05, 4.69) is 0 Å². The molecule has 0 spiro atoms. The third kappa shape index (κ3) is 4.32. The van der Waals surface area contributed by atoms with Gasteiger partial charge in [-0.15, -0.1) is 0 Å². The highest BCUT2D eigenvalue weighted by Crippen LogP contribution is 2.39. The van der Waals surface area contributed by atoms with Gasteiger partial charge in [-0.1, -0.05) is 53.6 Å². The highest BCUT2D eigenvalue weighted by molar-refractivity contribution is 6.46. The molecule has 1 atom stereocenters. The van der Waals surface area contributed by atoms with Crippen molar-refractivity contribution in [3.05, 3.63) is 75.8 Å². The SMILES string of the molecule is Cc1ccc(C(O)=C2C(=O)C(=O)N(CCCC(=O)[O-])[C@H]2c2ccc(Cl)cc2)cc1. The number of nitrogens with zero attached hydrogens (tertiary/aromatic N) is 1. The Hall–Kier alpha value is -3.12. The first-order chi connectivity index (χ1) is 13.8. The molecule has 1 aliphatic heterocycles. The number of aliphatic hydroxyl groups excluding tert-OH is 1. The predicted octanol–water partition coefficient (Wildman–Crippen LogP) is 2.60. The average molecular weight is 413 g/mol. The molecule has 150 valence electrons. The molecule has 1 heterocycles. The lowest BCUT2D eigenvalue weighted by atomic mass is 9.95. The van der Waals surface area contributed by atoms with Gasteiger partial charge in [-0.2, -0.15) is 0 Å². The summed E-state index contributed by atoms with van der Waals surface area (Å²) >= 11 is 5.96. The molecule has 2 aromatic carbocycles. The molecular weight excluding hydrogens is 394 g/mol. The van der Waals surface area contributed by atoms with Crippen LogP contribution >= 0.6 is 11.6 Å². The van der Waals surface area contributed by atoms with E-state index in [4.69, 9.17) is 11.6 Å². The zero-order chi connectivity index (χ0) is 21.1. The van der Waals surface area contributed by atoms with E-state index in [1.54, 1.807) is 48.5 Å². The van der Waals surface area contributed by atoms with Gasteiger partial charge in [0.05, 0.1) is 11.6 Å². The lowest BCUT2D eigenvalue weighted by Crippen LogP contribution is -2.32. The number of benzene rings is 2. The molecule has 1 fully saturated rings. The minimum Gasteiger partial charge on any atom is -0.550 e. The third-order valence-corrected chi connectivity index (χ3v) is 5.08. The summed E-state index contributed by atoms with van der Waals surface area (Å²) < 4.78 is 0. The molecule has 1 saturated heterocycles. The molecule has 0 radical (unpaired) electrons. The second-order valence-corrected chi connectivity index (χ2v) is 7.32. The number of carbonyl (C=O) groups is 3. The molecule has 0 saturated carbocycles. The van der Waals surface area contributed by atoms with Crippen molar-refractivity contribution in [1.29, 1.82) is 0 Å². The molecule has 0 unspecified atom stereocenters. The van der Waals surface area contributed by atoms with Gasteiger partial charge in [0.15, 0.2) is 0 Å². The highest BCUT2D eigenvalue weighted by Gasteiger charge is 2.45. The Balaban J connectivity index is 2.08. The third-order valence-electron chi connectivity index (χ3n) is 4.83. The first kappa shape index (κ1) is 20.6. The number of likely N-dealkylation sites (tertiary alicyclic amines) is 1. The Labute approximate surface area is 173 Å². The molecule has 0 aromatic heterocycles. The number of amides is 1. The van der Waals surface area contributed by atoms with Crippen LogP contribution in [0.25, 0.3) is 5.76 Å². The summed E-state index contributed by atoms with van der Waals surface area (Å²) in [5.41, 5.74) is 1.96. The normalized spacial score (nSPS) is 18.3. The zero-order valence-corrected chi connectivity index (χ0v) is 16.5. The van der Waals surface area contributed by atoms with Gasteiger partial charge in [-0.25, -0.2) is 0 Å². The molecule has 1 amide bonds. The quantitative estimate of drug-likeness (QED) is 0.446. The van der Waals surface area contributed by atoms with E-state index in [1.807, 2.05) is 6.92 Å².